The minimum absolute atomic E-state index is 0.00496. The molecule has 5 heteroatoms. The average molecular weight is 224 g/mol. The summed E-state index contributed by atoms with van der Waals surface area (Å²) in [4.78, 5) is 23.1. The first kappa shape index (κ1) is 12.4. The van der Waals surface area contributed by atoms with Gasteiger partial charge >= 0.3 is 0 Å². The van der Waals surface area contributed by atoms with Crippen LogP contribution in [0.5, 0.6) is 5.88 Å². The lowest BCUT2D eigenvalue weighted by atomic mass is 10.0. The maximum atomic E-state index is 11.7. The van der Waals surface area contributed by atoms with E-state index in [1.165, 1.54) is 19.2 Å². The fourth-order valence-corrected chi connectivity index (χ4v) is 1.18. The summed E-state index contributed by atoms with van der Waals surface area (Å²) < 4.78 is 6.03. The second-order valence-electron chi connectivity index (χ2n) is 3.65. The van der Waals surface area contributed by atoms with Gasteiger partial charge in [0.2, 0.25) is 5.88 Å². The topological polar surface area (TPSA) is 61.2 Å². The van der Waals surface area contributed by atoms with Crippen LogP contribution in [0, 0.1) is 5.92 Å². The van der Waals surface area contributed by atoms with Gasteiger partial charge in [-0.25, -0.2) is 4.68 Å². The molecule has 1 aromatic heterocycles. The molecular formula is C11H16N2O3. The summed E-state index contributed by atoms with van der Waals surface area (Å²) in [5.41, 5.74) is -0.294. The molecule has 1 atom stereocenters. The zero-order chi connectivity index (χ0) is 12.1. The molecule has 0 spiro atoms. The van der Waals surface area contributed by atoms with Crippen molar-refractivity contribution < 1.29 is 9.53 Å². The van der Waals surface area contributed by atoms with Gasteiger partial charge in [0, 0.05) is 18.1 Å². The lowest BCUT2D eigenvalue weighted by Crippen LogP contribution is -2.28. The lowest BCUT2D eigenvalue weighted by Gasteiger charge is -2.09. The molecule has 1 heterocycles. The molecule has 0 radical (unpaired) electrons. The van der Waals surface area contributed by atoms with Crippen LogP contribution in [-0.2, 0) is 11.3 Å². The Morgan fingerprint density at radius 1 is 1.56 bits per heavy atom. The SMILES string of the molecule is CCC(C)C(=O)Cn1nc(OC)ccc1=O. The number of methoxy groups -OCH3 is 1. The molecule has 0 saturated carbocycles. The van der Waals surface area contributed by atoms with Crippen LogP contribution in [0.3, 0.4) is 0 Å². The van der Waals surface area contributed by atoms with Gasteiger partial charge < -0.3 is 4.74 Å². The molecule has 0 aliphatic rings. The van der Waals surface area contributed by atoms with E-state index in [4.69, 9.17) is 4.74 Å². The first-order valence-corrected chi connectivity index (χ1v) is 5.23. The average Bonchev–Trinajstić information content (AvgIpc) is 2.30. The van der Waals surface area contributed by atoms with Gasteiger partial charge in [0.1, 0.15) is 6.54 Å². The van der Waals surface area contributed by atoms with E-state index in [1.807, 2.05) is 13.8 Å². The number of hydrogen-bond acceptors (Lipinski definition) is 4. The molecule has 0 saturated heterocycles. The first-order valence-electron chi connectivity index (χ1n) is 5.23. The highest BCUT2D eigenvalue weighted by Crippen LogP contribution is 2.04. The summed E-state index contributed by atoms with van der Waals surface area (Å²) >= 11 is 0. The summed E-state index contributed by atoms with van der Waals surface area (Å²) in [5, 5.41) is 3.91. The van der Waals surface area contributed by atoms with E-state index in [1.54, 1.807) is 0 Å². The van der Waals surface area contributed by atoms with Gasteiger partial charge in [0.15, 0.2) is 5.78 Å². The molecule has 0 aromatic carbocycles. The molecule has 0 amide bonds. The molecule has 0 N–H and O–H groups in total. The molecule has 16 heavy (non-hydrogen) atoms. The molecule has 1 aromatic rings. The van der Waals surface area contributed by atoms with Gasteiger partial charge in [-0.2, -0.15) is 0 Å². The van der Waals surface area contributed by atoms with Crippen molar-refractivity contribution in [2.24, 2.45) is 5.92 Å². The van der Waals surface area contributed by atoms with Crippen molar-refractivity contribution >= 4 is 5.78 Å². The summed E-state index contributed by atoms with van der Waals surface area (Å²) in [5.74, 6) is 0.279. The molecule has 1 rings (SSSR count). The van der Waals surface area contributed by atoms with Gasteiger partial charge in [0.25, 0.3) is 5.56 Å². The maximum absolute atomic E-state index is 11.7. The fourth-order valence-electron chi connectivity index (χ4n) is 1.18. The Kier molecular flexibility index (Phi) is 4.22. The van der Waals surface area contributed by atoms with Crippen LogP contribution in [0.25, 0.3) is 0 Å². The van der Waals surface area contributed by atoms with Crippen LogP contribution in [0.4, 0.5) is 0 Å². The zero-order valence-corrected chi connectivity index (χ0v) is 9.77. The van der Waals surface area contributed by atoms with E-state index in [0.717, 1.165) is 11.1 Å². The number of Topliss-reactive ketones (excluding diaryl/α,β-unsaturated/α-hetero) is 1. The molecule has 1 unspecified atom stereocenters. The summed E-state index contributed by atoms with van der Waals surface area (Å²) in [6.07, 6.45) is 0.761. The van der Waals surface area contributed by atoms with E-state index in [0.29, 0.717) is 5.88 Å². The van der Waals surface area contributed by atoms with Gasteiger partial charge in [-0.3, -0.25) is 9.59 Å². The van der Waals surface area contributed by atoms with Crippen LogP contribution >= 0.6 is 0 Å². The van der Waals surface area contributed by atoms with E-state index in [-0.39, 0.29) is 23.8 Å². The Morgan fingerprint density at radius 2 is 2.25 bits per heavy atom. The van der Waals surface area contributed by atoms with Crippen molar-refractivity contribution in [3.05, 3.63) is 22.5 Å². The maximum Gasteiger partial charge on any atom is 0.267 e. The number of carbonyl (C=O) groups is 1. The lowest BCUT2D eigenvalue weighted by molar-refractivity contribution is -0.123. The summed E-state index contributed by atoms with van der Waals surface area (Å²) in [6, 6.07) is 2.82. The summed E-state index contributed by atoms with van der Waals surface area (Å²) in [7, 11) is 1.47. The van der Waals surface area contributed by atoms with Crippen molar-refractivity contribution in [3.8, 4) is 5.88 Å². The van der Waals surface area contributed by atoms with Crippen molar-refractivity contribution in [1.82, 2.24) is 9.78 Å². The Hall–Kier alpha value is -1.65. The van der Waals surface area contributed by atoms with Crippen LogP contribution in [0.1, 0.15) is 20.3 Å². The van der Waals surface area contributed by atoms with Crippen molar-refractivity contribution in [2.75, 3.05) is 7.11 Å². The third-order valence-corrected chi connectivity index (χ3v) is 2.52. The molecule has 0 bridgehead atoms. The van der Waals surface area contributed by atoms with E-state index in [2.05, 4.69) is 5.10 Å². The zero-order valence-electron chi connectivity index (χ0n) is 9.77. The van der Waals surface area contributed by atoms with Crippen LogP contribution in [0.2, 0.25) is 0 Å². The number of ether oxygens (including phenoxy) is 1. The Morgan fingerprint density at radius 3 is 2.81 bits per heavy atom. The third-order valence-electron chi connectivity index (χ3n) is 2.52. The molecule has 88 valence electrons. The highest BCUT2D eigenvalue weighted by atomic mass is 16.5. The van der Waals surface area contributed by atoms with Crippen molar-refractivity contribution in [3.63, 3.8) is 0 Å². The van der Waals surface area contributed by atoms with Gasteiger partial charge in [-0.05, 0) is 6.42 Å². The van der Waals surface area contributed by atoms with E-state index < -0.39 is 0 Å². The Bertz CT molecular complexity index is 425. The fraction of sp³-hybridized carbons (Fsp3) is 0.545. The molecule has 0 aliphatic carbocycles. The predicted molar refractivity (Wildman–Crippen MR) is 59.5 cm³/mol. The van der Waals surface area contributed by atoms with E-state index >= 15 is 0 Å². The largest absolute Gasteiger partial charge is 0.480 e. The third kappa shape index (κ3) is 2.92. The standard InChI is InChI=1S/C11H16N2O3/c1-4-8(2)9(14)7-13-11(15)6-5-10(12-13)16-3/h5-6,8H,4,7H2,1-3H3. The number of ketones is 1. The number of nitrogens with zero attached hydrogens (tertiary/aromatic N) is 2. The molecule has 5 nitrogen and oxygen atoms in total. The molecular weight excluding hydrogens is 208 g/mol. The van der Waals surface area contributed by atoms with Crippen molar-refractivity contribution in [1.29, 1.82) is 0 Å². The van der Waals surface area contributed by atoms with Crippen LogP contribution in [0.15, 0.2) is 16.9 Å². The van der Waals surface area contributed by atoms with Crippen LogP contribution in [-0.4, -0.2) is 22.7 Å². The predicted octanol–water partition coefficient (Wildman–Crippen LogP) is 0.867. The summed E-state index contributed by atoms with van der Waals surface area (Å²) in [6.45, 7) is 3.78. The van der Waals surface area contributed by atoms with Gasteiger partial charge in [0.05, 0.1) is 7.11 Å². The highest BCUT2D eigenvalue weighted by Gasteiger charge is 2.12. The van der Waals surface area contributed by atoms with Gasteiger partial charge in [-0.15, -0.1) is 5.10 Å². The minimum Gasteiger partial charge on any atom is -0.480 e. The van der Waals surface area contributed by atoms with Crippen molar-refractivity contribution in [2.45, 2.75) is 26.8 Å². The Labute approximate surface area is 94.0 Å². The second-order valence-corrected chi connectivity index (χ2v) is 3.65. The Balaban J connectivity index is 2.88. The number of aromatic nitrogens is 2. The second kappa shape index (κ2) is 5.44. The minimum atomic E-state index is -0.294. The first-order chi connectivity index (χ1) is 7.58. The quantitative estimate of drug-likeness (QED) is 0.744. The van der Waals surface area contributed by atoms with Gasteiger partial charge in [-0.1, -0.05) is 13.8 Å². The number of hydrogen-bond donors (Lipinski definition) is 0. The molecule has 0 aliphatic heterocycles. The smallest absolute Gasteiger partial charge is 0.267 e. The monoisotopic (exact) mass is 224 g/mol. The van der Waals surface area contributed by atoms with Crippen LogP contribution < -0.4 is 10.3 Å². The van der Waals surface area contributed by atoms with E-state index in [9.17, 15) is 9.59 Å². The number of rotatable bonds is 5. The normalized spacial score (nSPS) is 12.2. The molecule has 0 fully saturated rings. The number of carbonyl (C=O) groups excluding carboxylic acids is 1. The highest BCUT2D eigenvalue weighted by molar-refractivity contribution is 5.80.